The van der Waals surface area contributed by atoms with Crippen molar-refractivity contribution < 1.29 is 17.9 Å². The number of ether oxygens (including phenoxy) is 1. The third-order valence-electron chi connectivity index (χ3n) is 4.86. The topological polar surface area (TPSA) is 93.5 Å². The Kier molecular flexibility index (Phi) is 5.75. The van der Waals surface area contributed by atoms with Gasteiger partial charge in [-0.3, -0.25) is 9.48 Å². The van der Waals surface area contributed by atoms with Crippen LogP contribution in [0.15, 0.2) is 12.4 Å². The van der Waals surface area contributed by atoms with Crippen molar-refractivity contribution in [3.8, 4) is 0 Å². The maximum atomic E-state index is 12.4. The van der Waals surface area contributed by atoms with Crippen LogP contribution in [0.5, 0.6) is 0 Å². The van der Waals surface area contributed by atoms with Crippen molar-refractivity contribution in [2.45, 2.75) is 44.8 Å². The quantitative estimate of drug-likeness (QED) is 0.837. The van der Waals surface area contributed by atoms with Gasteiger partial charge in [-0.2, -0.15) is 5.10 Å². The maximum absolute atomic E-state index is 12.4. The van der Waals surface area contributed by atoms with Gasteiger partial charge >= 0.3 is 0 Å². The molecule has 1 N–H and O–H groups in total. The first-order valence-electron chi connectivity index (χ1n) is 8.82. The Hall–Kier alpha value is -1.45. The van der Waals surface area contributed by atoms with E-state index in [9.17, 15) is 13.2 Å². The van der Waals surface area contributed by atoms with Gasteiger partial charge in [-0.25, -0.2) is 12.7 Å². The van der Waals surface area contributed by atoms with E-state index in [1.807, 2.05) is 6.20 Å². The normalized spacial score (nSPS) is 23.5. The molecule has 2 saturated heterocycles. The molecule has 0 unspecified atom stereocenters. The van der Waals surface area contributed by atoms with Crippen molar-refractivity contribution in [2.24, 2.45) is 5.92 Å². The van der Waals surface area contributed by atoms with Crippen LogP contribution >= 0.6 is 0 Å². The molecule has 2 aliphatic rings. The zero-order chi connectivity index (χ0) is 17.9. The lowest BCUT2D eigenvalue weighted by Gasteiger charge is -2.29. The molecule has 0 bridgehead atoms. The Labute approximate surface area is 148 Å². The van der Waals surface area contributed by atoms with Gasteiger partial charge in [-0.1, -0.05) is 0 Å². The van der Waals surface area contributed by atoms with Crippen LogP contribution in [0.3, 0.4) is 0 Å². The Bertz CT molecular complexity index is 689. The molecule has 140 valence electrons. The number of piperidine rings is 1. The summed E-state index contributed by atoms with van der Waals surface area (Å²) in [5, 5.41) is 7.18. The molecule has 8 nitrogen and oxygen atoms in total. The van der Waals surface area contributed by atoms with E-state index in [1.54, 1.807) is 10.9 Å². The first-order valence-corrected chi connectivity index (χ1v) is 10.7. The number of aromatic nitrogens is 2. The monoisotopic (exact) mass is 370 g/mol. The molecule has 0 aliphatic carbocycles. The molecular formula is C16H26N4O4S. The third-order valence-corrected chi connectivity index (χ3v) is 6.16. The van der Waals surface area contributed by atoms with Crippen LogP contribution in [0, 0.1) is 5.92 Å². The summed E-state index contributed by atoms with van der Waals surface area (Å²) < 4.78 is 32.0. The van der Waals surface area contributed by atoms with Gasteiger partial charge in [0.05, 0.1) is 30.8 Å². The minimum absolute atomic E-state index is 0.0679. The molecule has 2 fully saturated rings. The van der Waals surface area contributed by atoms with Gasteiger partial charge < -0.3 is 10.1 Å². The number of amides is 1. The number of carbonyl (C=O) groups is 1. The summed E-state index contributed by atoms with van der Waals surface area (Å²) in [5.74, 6) is -0.232. The summed E-state index contributed by atoms with van der Waals surface area (Å²) in [6, 6.07) is 0. The van der Waals surface area contributed by atoms with Gasteiger partial charge in [-0.05, 0) is 32.1 Å². The highest BCUT2D eigenvalue weighted by atomic mass is 32.2. The van der Waals surface area contributed by atoms with E-state index >= 15 is 0 Å². The summed E-state index contributed by atoms with van der Waals surface area (Å²) in [6.45, 7) is 2.30. The predicted octanol–water partition coefficient (Wildman–Crippen LogP) is 1.06. The molecule has 0 aromatic carbocycles. The van der Waals surface area contributed by atoms with Crippen molar-refractivity contribution in [1.29, 1.82) is 0 Å². The standard InChI is InChI=1S/C16H26N4O4S/c1-25(22,23)20-7-5-13(6-8-20)16(21)18-14-10-17-19(11-14)12-15-4-2-3-9-24-15/h10-11,13,15H,2-9,12H2,1H3,(H,18,21)/t15-/m0/s1. The van der Waals surface area contributed by atoms with E-state index in [0.717, 1.165) is 19.4 Å². The van der Waals surface area contributed by atoms with Gasteiger partial charge in [-0.15, -0.1) is 0 Å². The summed E-state index contributed by atoms with van der Waals surface area (Å²) in [5.41, 5.74) is 0.673. The van der Waals surface area contributed by atoms with E-state index in [1.165, 1.54) is 17.0 Å². The van der Waals surface area contributed by atoms with Crippen molar-refractivity contribution in [2.75, 3.05) is 31.3 Å². The second-order valence-corrected chi connectivity index (χ2v) is 8.85. The predicted molar refractivity (Wildman–Crippen MR) is 93.6 cm³/mol. The van der Waals surface area contributed by atoms with Crippen LogP contribution < -0.4 is 5.32 Å². The Balaban J connectivity index is 1.48. The second-order valence-electron chi connectivity index (χ2n) is 6.87. The fourth-order valence-corrected chi connectivity index (χ4v) is 4.26. The summed E-state index contributed by atoms with van der Waals surface area (Å²) >= 11 is 0. The number of hydrogen-bond donors (Lipinski definition) is 1. The third kappa shape index (κ3) is 5.02. The van der Waals surface area contributed by atoms with E-state index in [2.05, 4.69) is 10.4 Å². The van der Waals surface area contributed by atoms with E-state index in [0.29, 0.717) is 38.2 Å². The van der Waals surface area contributed by atoms with Crippen LogP contribution in [-0.4, -0.2) is 60.5 Å². The average molecular weight is 370 g/mol. The molecule has 3 heterocycles. The van der Waals surface area contributed by atoms with Crippen LogP contribution in [0.1, 0.15) is 32.1 Å². The first-order chi connectivity index (χ1) is 11.9. The average Bonchev–Trinajstić information content (AvgIpc) is 3.02. The highest BCUT2D eigenvalue weighted by molar-refractivity contribution is 7.88. The van der Waals surface area contributed by atoms with E-state index in [-0.39, 0.29) is 17.9 Å². The zero-order valence-corrected chi connectivity index (χ0v) is 15.4. The molecule has 1 aromatic heterocycles. The van der Waals surface area contributed by atoms with Crippen molar-refractivity contribution in [1.82, 2.24) is 14.1 Å². The highest BCUT2D eigenvalue weighted by Crippen LogP contribution is 2.21. The van der Waals surface area contributed by atoms with Crippen LogP contribution in [0.2, 0.25) is 0 Å². The smallest absolute Gasteiger partial charge is 0.227 e. The van der Waals surface area contributed by atoms with Crippen LogP contribution in [0.4, 0.5) is 5.69 Å². The molecule has 0 radical (unpaired) electrons. The molecule has 0 spiro atoms. The van der Waals surface area contributed by atoms with Crippen molar-refractivity contribution >= 4 is 21.6 Å². The lowest BCUT2D eigenvalue weighted by Crippen LogP contribution is -2.40. The molecule has 0 saturated carbocycles. The van der Waals surface area contributed by atoms with Gasteiger partial charge in [0.15, 0.2) is 0 Å². The number of sulfonamides is 1. The number of nitrogens with zero attached hydrogens (tertiary/aromatic N) is 3. The van der Waals surface area contributed by atoms with Crippen LogP contribution in [-0.2, 0) is 26.1 Å². The second kappa shape index (κ2) is 7.84. The zero-order valence-electron chi connectivity index (χ0n) is 14.6. The Morgan fingerprint density at radius 1 is 1.32 bits per heavy atom. The summed E-state index contributed by atoms with van der Waals surface area (Å²) in [7, 11) is -3.17. The highest BCUT2D eigenvalue weighted by Gasteiger charge is 2.29. The molecule has 1 amide bonds. The number of rotatable bonds is 5. The lowest BCUT2D eigenvalue weighted by molar-refractivity contribution is -0.120. The molecule has 25 heavy (non-hydrogen) atoms. The number of nitrogens with one attached hydrogen (secondary N) is 1. The van der Waals surface area contributed by atoms with Gasteiger partial charge in [0.1, 0.15) is 0 Å². The molecule has 1 aromatic rings. The molecule has 3 rings (SSSR count). The maximum Gasteiger partial charge on any atom is 0.227 e. The fraction of sp³-hybridized carbons (Fsp3) is 0.750. The van der Waals surface area contributed by atoms with Gasteiger partial charge in [0.25, 0.3) is 0 Å². The van der Waals surface area contributed by atoms with Gasteiger partial charge in [0.2, 0.25) is 15.9 Å². The van der Waals surface area contributed by atoms with E-state index in [4.69, 9.17) is 4.74 Å². The van der Waals surface area contributed by atoms with Crippen molar-refractivity contribution in [3.63, 3.8) is 0 Å². The summed E-state index contributed by atoms with van der Waals surface area (Å²) in [6.07, 6.45) is 9.30. The Morgan fingerprint density at radius 3 is 2.72 bits per heavy atom. The number of hydrogen-bond acceptors (Lipinski definition) is 5. The minimum Gasteiger partial charge on any atom is -0.376 e. The minimum atomic E-state index is -3.17. The van der Waals surface area contributed by atoms with Crippen molar-refractivity contribution in [3.05, 3.63) is 12.4 Å². The molecule has 2 aliphatic heterocycles. The van der Waals surface area contributed by atoms with Crippen LogP contribution in [0.25, 0.3) is 0 Å². The molecule has 9 heteroatoms. The number of anilines is 1. The first kappa shape index (κ1) is 18.3. The molecule has 1 atom stereocenters. The van der Waals surface area contributed by atoms with E-state index < -0.39 is 10.0 Å². The summed E-state index contributed by atoms with van der Waals surface area (Å²) in [4.78, 5) is 12.4. The largest absolute Gasteiger partial charge is 0.376 e. The van der Waals surface area contributed by atoms with Gasteiger partial charge in [0, 0.05) is 31.8 Å². The SMILES string of the molecule is CS(=O)(=O)N1CCC(C(=O)Nc2cnn(C[C@@H]3CCCCO3)c2)CC1. The molecular weight excluding hydrogens is 344 g/mol. The number of carbonyl (C=O) groups excluding carboxylic acids is 1. The fourth-order valence-electron chi connectivity index (χ4n) is 3.38. The Morgan fingerprint density at radius 2 is 2.08 bits per heavy atom. The lowest BCUT2D eigenvalue weighted by atomic mass is 9.97.